The van der Waals surface area contributed by atoms with Crippen LogP contribution in [0.5, 0.6) is 0 Å². The third kappa shape index (κ3) is 5.68. The molecule has 222 valence electrons. The molecule has 4 aromatic rings. The Hall–Kier alpha value is -4.40. The van der Waals surface area contributed by atoms with E-state index in [1.54, 1.807) is 11.0 Å². The summed E-state index contributed by atoms with van der Waals surface area (Å²) in [4.78, 5) is 33.0. The molecule has 7 rings (SSSR count). The van der Waals surface area contributed by atoms with Gasteiger partial charge in [-0.2, -0.15) is 9.59 Å². The summed E-state index contributed by atoms with van der Waals surface area (Å²) in [6, 6.07) is 17.5. The molecule has 10 heteroatoms. The van der Waals surface area contributed by atoms with Crippen LogP contribution < -0.4 is 4.90 Å². The lowest BCUT2D eigenvalue weighted by Gasteiger charge is -2.37. The average Bonchev–Trinajstić information content (AvgIpc) is 3.69. The first-order chi connectivity index (χ1) is 20.8. The van der Waals surface area contributed by atoms with E-state index in [9.17, 15) is 18.0 Å². The van der Waals surface area contributed by atoms with E-state index >= 15 is 0 Å². The number of fused-ring (bicyclic) bond motifs is 1. The van der Waals surface area contributed by atoms with Gasteiger partial charge in [-0.25, -0.2) is 18.0 Å². The van der Waals surface area contributed by atoms with E-state index in [1.807, 2.05) is 42.5 Å². The molecule has 0 radical (unpaired) electrons. The van der Waals surface area contributed by atoms with Gasteiger partial charge in [0.1, 0.15) is 5.60 Å². The number of piperidine rings is 1. The van der Waals surface area contributed by atoms with Gasteiger partial charge in [-0.3, -0.25) is 9.80 Å². The molecular formula is C33H30F3N3O4. The summed E-state index contributed by atoms with van der Waals surface area (Å²) >= 11 is 0. The molecule has 0 unspecified atom stereocenters. The second kappa shape index (κ2) is 11.7. The van der Waals surface area contributed by atoms with Crippen molar-refractivity contribution in [1.82, 2.24) is 9.47 Å². The van der Waals surface area contributed by atoms with Crippen LogP contribution in [0.4, 0.5) is 23.7 Å². The van der Waals surface area contributed by atoms with Crippen molar-refractivity contribution in [3.8, 4) is 11.1 Å². The fourth-order valence-electron chi connectivity index (χ4n) is 6.30. The van der Waals surface area contributed by atoms with E-state index in [2.05, 4.69) is 15.7 Å². The van der Waals surface area contributed by atoms with Crippen molar-refractivity contribution in [1.29, 1.82) is 0 Å². The summed E-state index contributed by atoms with van der Waals surface area (Å²) in [6.45, 7) is 3.53. The van der Waals surface area contributed by atoms with Crippen LogP contribution in [0.2, 0.25) is 0 Å². The van der Waals surface area contributed by atoms with Gasteiger partial charge < -0.3 is 9.30 Å². The van der Waals surface area contributed by atoms with Gasteiger partial charge in [0, 0.05) is 67.4 Å². The maximum atomic E-state index is 15.0. The SMILES string of the molecule is O=C1OC2(CCN(Cc3cn(CC4CC4)c4cccc(-c5ccc(F)c(F)c5F)c34)CC2)CN1c1ccccc1.O=C=O. The number of amides is 1. The highest BCUT2D eigenvalue weighted by atomic mass is 19.2. The van der Waals surface area contributed by atoms with Gasteiger partial charge in [0.05, 0.1) is 6.54 Å². The summed E-state index contributed by atoms with van der Waals surface area (Å²) in [5, 5.41) is 0.871. The van der Waals surface area contributed by atoms with E-state index in [0.29, 0.717) is 37.4 Å². The summed E-state index contributed by atoms with van der Waals surface area (Å²) in [5.74, 6) is -3.18. The fourth-order valence-corrected chi connectivity index (χ4v) is 6.30. The minimum atomic E-state index is -1.45. The minimum Gasteiger partial charge on any atom is -0.441 e. The Balaban J connectivity index is 0.00000105. The van der Waals surface area contributed by atoms with Crippen molar-refractivity contribution < 1.29 is 32.3 Å². The lowest BCUT2D eigenvalue weighted by molar-refractivity contribution is -0.191. The Morgan fingerprint density at radius 2 is 1.60 bits per heavy atom. The number of hydrogen-bond donors (Lipinski definition) is 0. The van der Waals surface area contributed by atoms with Crippen molar-refractivity contribution >= 4 is 28.8 Å². The molecule has 3 aliphatic rings. The quantitative estimate of drug-likeness (QED) is 0.239. The number of benzene rings is 3. The van der Waals surface area contributed by atoms with Crippen LogP contribution in [0.25, 0.3) is 22.0 Å². The number of rotatable bonds is 6. The Kier molecular flexibility index (Phi) is 7.81. The Morgan fingerprint density at radius 3 is 2.30 bits per heavy atom. The topological polar surface area (TPSA) is 71.8 Å². The van der Waals surface area contributed by atoms with Gasteiger partial charge in [-0.1, -0.05) is 30.3 Å². The number of carbonyl (C=O) groups excluding carboxylic acids is 3. The van der Waals surface area contributed by atoms with Crippen LogP contribution in [0.3, 0.4) is 0 Å². The second-order valence-corrected chi connectivity index (χ2v) is 11.5. The molecule has 1 saturated carbocycles. The molecule has 7 nitrogen and oxygen atoms in total. The number of halogens is 3. The number of carbonyl (C=O) groups is 1. The highest BCUT2D eigenvalue weighted by Crippen LogP contribution is 2.40. The largest absolute Gasteiger partial charge is 0.441 e. The second-order valence-electron chi connectivity index (χ2n) is 11.5. The van der Waals surface area contributed by atoms with Crippen molar-refractivity contribution in [2.75, 3.05) is 24.5 Å². The zero-order valence-electron chi connectivity index (χ0n) is 23.4. The molecule has 3 fully saturated rings. The standard InChI is InChI=1S/C32H30F3N3O2.CO2/c33-26-12-11-25(29(34)30(26)35)24-7-4-8-27-28(24)22(19-37(27)17-21-9-10-21)18-36-15-13-32(14-16-36)20-38(31(39)40-32)23-5-2-1-3-6-23;2-1-3/h1-8,11-12,19,21H,9-10,13-18,20H2;. The average molecular weight is 590 g/mol. The predicted octanol–water partition coefficient (Wildman–Crippen LogP) is 6.54. The summed E-state index contributed by atoms with van der Waals surface area (Å²) in [7, 11) is 0. The molecule has 0 bridgehead atoms. The molecule has 43 heavy (non-hydrogen) atoms. The smallest absolute Gasteiger partial charge is 0.415 e. The number of ether oxygens (including phenoxy) is 1. The molecule has 1 aromatic heterocycles. The number of likely N-dealkylation sites (tertiary alicyclic amines) is 1. The lowest BCUT2D eigenvalue weighted by atomic mass is 9.90. The Bertz CT molecular complexity index is 1690. The van der Waals surface area contributed by atoms with Crippen LogP contribution in [0.15, 0.2) is 66.9 Å². The summed E-state index contributed by atoms with van der Waals surface area (Å²) in [5.41, 5.74) is 2.96. The molecule has 2 saturated heterocycles. The molecule has 3 heterocycles. The van der Waals surface area contributed by atoms with E-state index in [1.165, 1.54) is 18.9 Å². The van der Waals surface area contributed by atoms with E-state index in [0.717, 1.165) is 47.9 Å². The fraction of sp³-hybridized carbons (Fsp3) is 0.333. The van der Waals surface area contributed by atoms with Crippen molar-refractivity contribution in [3.05, 3.63) is 89.9 Å². The highest BCUT2D eigenvalue weighted by Gasteiger charge is 2.47. The first kappa shape index (κ1) is 28.7. The molecule has 0 atom stereocenters. The monoisotopic (exact) mass is 589 g/mol. The van der Waals surface area contributed by atoms with Gasteiger partial charge in [0.15, 0.2) is 17.5 Å². The van der Waals surface area contributed by atoms with E-state index in [-0.39, 0.29) is 17.8 Å². The zero-order valence-corrected chi connectivity index (χ0v) is 23.4. The van der Waals surface area contributed by atoms with Gasteiger partial charge >= 0.3 is 12.2 Å². The van der Waals surface area contributed by atoms with Crippen LogP contribution in [0, 0.1) is 23.4 Å². The van der Waals surface area contributed by atoms with E-state index < -0.39 is 23.1 Å². The number of aromatic nitrogens is 1. The van der Waals surface area contributed by atoms with Crippen molar-refractivity contribution in [2.24, 2.45) is 5.92 Å². The third-order valence-corrected chi connectivity index (χ3v) is 8.66. The number of para-hydroxylation sites is 1. The maximum absolute atomic E-state index is 15.0. The highest BCUT2D eigenvalue weighted by molar-refractivity contribution is 5.98. The summed E-state index contributed by atoms with van der Waals surface area (Å²) < 4.78 is 51.1. The molecule has 3 aromatic carbocycles. The summed E-state index contributed by atoms with van der Waals surface area (Å²) in [6.07, 6.45) is 5.90. The first-order valence-corrected chi connectivity index (χ1v) is 14.3. The van der Waals surface area contributed by atoms with Crippen LogP contribution >= 0.6 is 0 Å². The Labute approximate surface area is 246 Å². The minimum absolute atomic E-state index is 0.0615. The number of hydrogen-bond acceptors (Lipinski definition) is 5. The lowest BCUT2D eigenvalue weighted by Crippen LogP contribution is -2.46. The van der Waals surface area contributed by atoms with Gasteiger partial charge in [0.2, 0.25) is 0 Å². The third-order valence-electron chi connectivity index (χ3n) is 8.66. The van der Waals surface area contributed by atoms with Crippen LogP contribution in [-0.2, 0) is 27.4 Å². The molecule has 1 amide bonds. The molecule has 1 aliphatic carbocycles. The number of nitrogens with zero attached hydrogens (tertiary/aromatic N) is 3. The molecule has 1 spiro atoms. The van der Waals surface area contributed by atoms with Crippen molar-refractivity contribution in [3.63, 3.8) is 0 Å². The van der Waals surface area contributed by atoms with Gasteiger partial charge in [-0.05, 0) is 60.2 Å². The van der Waals surface area contributed by atoms with Gasteiger partial charge in [0.25, 0.3) is 0 Å². The Morgan fingerprint density at radius 1 is 0.884 bits per heavy atom. The van der Waals surface area contributed by atoms with Gasteiger partial charge in [-0.15, -0.1) is 0 Å². The predicted molar refractivity (Wildman–Crippen MR) is 152 cm³/mol. The normalized spacial score (nSPS) is 17.9. The van der Waals surface area contributed by atoms with Crippen molar-refractivity contribution in [2.45, 2.75) is 44.4 Å². The maximum Gasteiger partial charge on any atom is 0.415 e. The van der Waals surface area contributed by atoms with Crippen LogP contribution in [-0.4, -0.2) is 46.9 Å². The first-order valence-electron chi connectivity index (χ1n) is 14.3. The van der Waals surface area contributed by atoms with Crippen LogP contribution in [0.1, 0.15) is 31.2 Å². The molecular weight excluding hydrogens is 559 g/mol. The molecule has 0 N–H and O–H groups in total. The van der Waals surface area contributed by atoms with E-state index in [4.69, 9.17) is 14.3 Å². The molecule has 2 aliphatic heterocycles. The number of anilines is 1. The zero-order chi connectivity index (χ0) is 30.1.